The summed E-state index contributed by atoms with van der Waals surface area (Å²) >= 11 is 0. The Hall–Kier alpha value is -4.01. The van der Waals surface area contributed by atoms with Gasteiger partial charge in [-0.3, -0.25) is 4.90 Å². The van der Waals surface area contributed by atoms with Gasteiger partial charge in [0.1, 0.15) is 24.9 Å². The summed E-state index contributed by atoms with van der Waals surface area (Å²) in [4.78, 5) is 15.6. The summed E-state index contributed by atoms with van der Waals surface area (Å²) in [7, 11) is 0. The average Bonchev–Trinajstić information content (AvgIpc) is 3.83. The van der Waals surface area contributed by atoms with Gasteiger partial charge in [0.15, 0.2) is 6.29 Å². The van der Waals surface area contributed by atoms with Gasteiger partial charge in [0.05, 0.1) is 25.9 Å². The van der Waals surface area contributed by atoms with Crippen molar-refractivity contribution in [3.05, 3.63) is 144 Å². The fourth-order valence-electron chi connectivity index (χ4n) is 5.32. The van der Waals surface area contributed by atoms with Crippen LogP contribution < -0.4 is 0 Å². The van der Waals surface area contributed by atoms with Crippen LogP contribution in [-0.2, 0) is 50.0 Å². The van der Waals surface area contributed by atoms with Crippen LogP contribution in [0.2, 0.25) is 0 Å². The lowest BCUT2D eigenvalue weighted by Crippen LogP contribution is -2.59. The van der Waals surface area contributed by atoms with Gasteiger partial charge in [-0.25, -0.2) is 4.79 Å². The molecule has 0 bridgehead atoms. The van der Waals surface area contributed by atoms with E-state index < -0.39 is 30.6 Å². The predicted molar refractivity (Wildman–Crippen MR) is 157 cm³/mol. The number of carbonyl (C=O) groups is 1. The van der Waals surface area contributed by atoms with E-state index in [2.05, 4.69) is 0 Å². The maximum atomic E-state index is 13.8. The van der Waals surface area contributed by atoms with Gasteiger partial charge in [-0.2, -0.15) is 0 Å². The van der Waals surface area contributed by atoms with E-state index in [4.69, 9.17) is 23.7 Å². The molecule has 2 fully saturated rings. The quantitative estimate of drug-likeness (QED) is 0.193. The summed E-state index contributed by atoms with van der Waals surface area (Å²) in [6, 6.07) is 39.1. The van der Waals surface area contributed by atoms with Crippen molar-refractivity contribution in [3.63, 3.8) is 0 Å². The first kappa shape index (κ1) is 28.1. The molecule has 0 radical (unpaired) electrons. The number of hydrogen-bond donors (Lipinski definition) is 0. The summed E-state index contributed by atoms with van der Waals surface area (Å²) < 4.78 is 30.9. The molecule has 0 aromatic heterocycles. The average molecular weight is 566 g/mol. The van der Waals surface area contributed by atoms with Gasteiger partial charge in [-0.15, -0.1) is 0 Å². The van der Waals surface area contributed by atoms with Crippen molar-refractivity contribution >= 4 is 6.09 Å². The van der Waals surface area contributed by atoms with Crippen LogP contribution in [0.3, 0.4) is 0 Å². The standard InChI is InChI=1S/C35H35NO6/c37-35(40-24-29-19-11-4-12-20-29)36(21-26-13-5-1-6-14-26)31-32(39-23-28-17-9-3-10-18-28)30(41-34-33(31)42-34)25-38-22-27-15-7-2-8-16-27/h1-20,30-34H,21-25H2/t30-,31+,32-,33-,34-/m1/s1. The zero-order valence-electron chi connectivity index (χ0n) is 23.4. The van der Waals surface area contributed by atoms with Gasteiger partial charge in [-0.05, 0) is 22.3 Å². The van der Waals surface area contributed by atoms with E-state index in [1.54, 1.807) is 4.90 Å². The molecule has 2 heterocycles. The topological polar surface area (TPSA) is 69.8 Å². The van der Waals surface area contributed by atoms with E-state index in [1.807, 2.05) is 121 Å². The molecule has 0 unspecified atom stereocenters. The Morgan fingerprint density at radius 1 is 0.643 bits per heavy atom. The van der Waals surface area contributed by atoms with Crippen LogP contribution >= 0.6 is 0 Å². The number of fused-ring (bicyclic) bond motifs is 1. The number of carbonyl (C=O) groups excluding carboxylic acids is 1. The molecule has 216 valence electrons. The van der Waals surface area contributed by atoms with Crippen molar-refractivity contribution < 1.29 is 28.5 Å². The highest BCUT2D eigenvalue weighted by molar-refractivity contribution is 5.68. The highest BCUT2D eigenvalue weighted by Crippen LogP contribution is 2.41. The fourth-order valence-corrected chi connectivity index (χ4v) is 5.32. The molecule has 6 rings (SSSR count). The van der Waals surface area contributed by atoms with Gasteiger partial charge < -0.3 is 23.7 Å². The first-order chi connectivity index (χ1) is 20.7. The highest BCUT2D eigenvalue weighted by Gasteiger charge is 2.60. The molecule has 7 heteroatoms. The van der Waals surface area contributed by atoms with Gasteiger partial charge in [0, 0.05) is 6.54 Å². The van der Waals surface area contributed by atoms with Crippen molar-refractivity contribution in [1.29, 1.82) is 0 Å². The maximum Gasteiger partial charge on any atom is 0.410 e. The van der Waals surface area contributed by atoms with E-state index >= 15 is 0 Å². The van der Waals surface area contributed by atoms with Crippen LogP contribution in [-0.4, -0.2) is 48.2 Å². The zero-order chi connectivity index (χ0) is 28.6. The predicted octanol–water partition coefficient (Wildman–Crippen LogP) is 6.12. The lowest BCUT2D eigenvalue weighted by Gasteiger charge is -2.41. The van der Waals surface area contributed by atoms with E-state index in [0.717, 1.165) is 22.3 Å². The van der Waals surface area contributed by atoms with Gasteiger partial charge >= 0.3 is 6.09 Å². The van der Waals surface area contributed by atoms with E-state index in [9.17, 15) is 4.79 Å². The first-order valence-electron chi connectivity index (χ1n) is 14.3. The third-order valence-corrected chi connectivity index (χ3v) is 7.51. The normalized spacial score (nSPS) is 22.6. The SMILES string of the molecule is O=C(OCc1ccccc1)N(Cc1ccccc1)[C@@H]1[C@H]2O[C@H]2O[C@H](COCc2ccccc2)[C@H]1OCc1ccccc1. The fraction of sp³-hybridized carbons (Fsp3) is 0.286. The lowest BCUT2D eigenvalue weighted by molar-refractivity contribution is -0.165. The number of benzene rings is 4. The van der Waals surface area contributed by atoms with E-state index in [-0.39, 0.29) is 19.3 Å². The molecule has 0 N–H and O–H groups in total. The smallest absolute Gasteiger partial charge is 0.410 e. The third kappa shape index (κ3) is 7.24. The molecule has 2 saturated heterocycles. The van der Waals surface area contributed by atoms with Crippen LogP contribution in [0.4, 0.5) is 4.79 Å². The summed E-state index contributed by atoms with van der Waals surface area (Å²) in [5.41, 5.74) is 4.00. The number of nitrogens with zero attached hydrogens (tertiary/aromatic N) is 1. The first-order valence-corrected chi connectivity index (χ1v) is 14.3. The zero-order valence-corrected chi connectivity index (χ0v) is 23.4. The van der Waals surface area contributed by atoms with Gasteiger partial charge in [0.25, 0.3) is 0 Å². The number of ether oxygens (including phenoxy) is 5. The minimum Gasteiger partial charge on any atom is -0.445 e. The summed E-state index contributed by atoms with van der Waals surface area (Å²) in [5, 5.41) is 0. The van der Waals surface area contributed by atoms with Crippen LogP contribution in [0.15, 0.2) is 121 Å². The molecule has 0 aliphatic carbocycles. The van der Waals surface area contributed by atoms with E-state index in [0.29, 0.717) is 19.8 Å². The molecule has 0 spiro atoms. The molecule has 4 aromatic carbocycles. The number of hydrogen-bond acceptors (Lipinski definition) is 6. The van der Waals surface area contributed by atoms with Crippen molar-refractivity contribution in [1.82, 2.24) is 4.90 Å². The van der Waals surface area contributed by atoms with Crippen molar-refractivity contribution in [2.24, 2.45) is 0 Å². The monoisotopic (exact) mass is 565 g/mol. The van der Waals surface area contributed by atoms with Crippen LogP contribution in [0.5, 0.6) is 0 Å². The highest BCUT2D eigenvalue weighted by atomic mass is 16.8. The molecule has 7 nitrogen and oxygen atoms in total. The van der Waals surface area contributed by atoms with Crippen molar-refractivity contribution in [3.8, 4) is 0 Å². The summed E-state index contributed by atoms with van der Waals surface area (Å²) in [6.07, 6.45) is -2.16. The molecule has 42 heavy (non-hydrogen) atoms. The second kappa shape index (κ2) is 13.8. The lowest BCUT2D eigenvalue weighted by atomic mass is 9.97. The minimum absolute atomic E-state index is 0.169. The molecule has 2 aliphatic rings. The van der Waals surface area contributed by atoms with Crippen LogP contribution in [0.1, 0.15) is 22.3 Å². The Morgan fingerprint density at radius 2 is 1.17 bits per heavy atom. The van der Waals surface area contributed by atoms with Crippen LogP contribution in [0.25, 0.3) is 0 Å². The molecule has 0 saturated carbocycles. The third-order valence-electron chi connectivity index (χ3n) is 7.51. The van der Waals surface area contributed by atoms with Gasteiger partial charge in [0.2, 0.25) is 0 Å². The molecule has 1 amide bonds. The largest absolute Gasteiger partial charge is 0.445 e. The summed E-state index contributed by atoms with van der Waals surface area (Å²) in [5.74, 6) is 0. The van der Waals surface area contributed by atoms with Crippen molar-refractivity contribution in [2.75, 3.05) is 6.61 Å². The Balaban J connectivity index is 1.25. The molecule has 5 atom stereocenters. The second-order valence-electron chi connectivity index (χ2n) is 10.5. The van der Waals surface area contributed by atoms with Gasteiger partial charge in [-0.1, -0.05) is 121 Å². The Labute approximate surface area is 246 Å². The Bertz CT molecular complexity index is 1390. The number of amides is 1. The Morgan fingerprint density at radius 3 is 1.76 bits per heavy atom. The second-order valence-corrected chi connectivity index (χ2v) is 10.5. The van der Waals surface area contributed by atoms with Crippen LogP contribution in [0, 0.1) is 0 Å². The molecule has 2 aliphatic heterocycles. The summed E-state index contributed by atoms with van der Waals surface area (Å²) in [6.45, 7) is 1.60. The Kier molecular flexibility index (Phi) is 9.22. The number of epoxide rings is 1. The number of rotatable bonds is 12. The van der Waals surface area contributed by atoms with E-state index in [1.165, 1.54) is 0 Å². The maximum absolute atomic E-state index is 13.8. The molecular formula is C35H35NO6. The van der Waals surface area contributed by atoms with Crippen molar-refractivity contribution in [2.45, 2.75) is 57.0 Å². The molecular weight excluding hydrogens is 530 g/mol. The minimum atomic E-state index is -0.516. The molecule has 4 aromatic rings.